The molecule has 0 aliphatic rings. The standard InChI is InChI=1S/C23H16ClS.BF4/c24-21-13-11-17(12-14-21)20-15-22(18-7-3-1-4-8-18)25-23(16-20)19-9-5-2-6-10-19;2-1(3,4)5/h1-16H;/q+1;-1. The fourth-order valence-corrected chi connectivity index (χ4v) is 4.04. The highest BCUT2D eigenvalue weighted by Crippen LogP contribution is 2.37. The van der Waals surface area contributed by atoms with Crippen LogP contribution in [0.25, 0.3) is 32.0 Å². The number of hydrogen-bond donors (Lipinski definition) is 0. The highest BCUT2D eigenvalue weighted by atomic mass is 35.5. The average molecular weight is 447 g/mol. The van der Waals surface area contributed by atoms with Gasteiger partial charge in [0.25, 0.3) is 0 Å². The van der Waals surface area contributed by atoms with Crippen molar-refractivity contribution in [2.45, 2.75) is 0 Å². The molecule has 0 fully saturated rings. The van der Waals surface area contributed by atoms with E-state index in [0.29, 0.717) is 0 Å². The van der Waals surface area contributed by atoms with E-state index in [1.165, 1.54) is 32.0 Å². The average Bonchev–Trinajstić information content (AvgIpc) is 2.74. The molecular weight excluding hydrogens is 431 g/mol. The zero-order chi connectivity index (χ0) is 21.6. The predicted octanol–water partition coefficient (Wildman–Crippen LogP) is 8.98. The molecule has 0 radical (unpaired) electrons. The van der Waals surface area contributed by atoms with Crippen molar-refractivity contribution in [2.24, 2.45) is 0 Å². The van der Waals surface area contributed by atoms with Crippen LogP contribution in [0.3, 0.4) is 0 Å². The SMILES string of the molecule is Clc1ccc(-c2cc(-c3ccccc3)[s+]c(-c3ccccc3)c2)cc1.F[B-](F)(F)F. The van der Waals surface area contributed by atoms with E-state index < -0.39 is 7.25 Å². The smallest absolute Gasteiger partial charge is 0.418 e. The van der Waals surface area contributed by atoms with Crippen LogP contribution in [0, 0.1) is 0 Å². The number of halogens is 5. The van der Waals surface area contributed by atoms with Crippen molar-refractivity contribution in [3.8, 4) is 32.0 Å². The van der Waals surface area contributed by atoms with E-state index in [0.717, 1.165) is 5.02 Å². The Labute approximate surface area is 181 Å². The second kappa shape index (κ2) is 9.87. The Morgan fingerprint density at radius 1 is 0.533 bits per heavy atom. The van der Waals surface area contributed by atoms with E-state index >= 15 is 0 Å². The van der Waals surface area contributed by atoms with Crippen LogP contribution < -0.4 is 0 Å². The van der Waals surface area contributed by atoms with Crippen molar-refractivity contribution in [1.29, 1.82) is 0 Å². The Bertz CT molecular complexity index is 1020. The van der Waals surface area contributed by atoms with Gasteiger partial charge in [0, 0.05) is 28.3 Å². The molecule has 3 aromatic carbocycles. The molecule has 152 valence electrons. The van der Waals surface area contributed by atoms with Gasteiger partial charge in [-0.2, -0.15) is 0 Å². The normalized spacial score (nSPS) is 10.8. The van der Waals surface area contributed by atoms with Gasteiger partial charge in [-0.15, -0.1) is 0 Å². The van der Waals surface area contributed by atoms with Gasteiger partial charge in [0.05, 0.1) is 0 Å². The zero-order valence-electron chi connectivity index (χ0n) is 15.6. The third-order valence-corrected chi connectivity index (χ3v) is 5.49. The van der Waals surface area contributed by atoms with Crippen LogP contribution in [-0.2, 0) is 0 Å². The second-order valence-electron chi connectivity index (χ2n) is 6.31. The molecule has 4 rings (SSSR count). The Kier molecular flexibility index (Phi) is 7.24. The maximum absolute atomic E-state index is 9.75. The second-order valence-corrected chi connectivity index (χ2v) is 7.83. The number of benzene rings is 3. The van der Waals surface area contributed by atoms with Crippen LogP contribution in [0.4, 0.5) is 17.3 Å². The lowest BCUT2D eigenvalue weighted by Gasteiger charge is -2.03. The summed E-state index contributed by atoms with van der Waals surface area (Å²) < 4.78 is 39.0. The molecule has 1 aromatic heterocycles. The molecular formula is C23H16BClF4S. The van der Waals surface area contributed by atoms with Gasteiger partial charge in [-0.1, -0.05) is 60.1 Å². The van der Waals surface area contributed by atoms with Crippen molar-refractivity contribution in [1.82, 2.24) is 0 Å². The molecule has 1 heterocycles. The fourth-order valence-electron chi connectivity index (χ4n) is 2.80. The Morgan fingerprint density at radius 3 is 1.33 bits per heavy atom. The summed E-state index contributed by atoms with van der Waals surface area (Å²) in [5.74, 6) is 0. The minimum atomic E-state index is -6.00. The summed E-state index contributed by atoms with van der Waals surface area (Å²) in [5.41, 5.74) is 4.85. The minimum Gasteiger partial charge on any atom is -0.418 e. The molecule has 0 N–H and O–H groups in total. The van der Waals surface area contributed by atoms with E-state index in [1.54, 1.807) is 0 Å². The molecule has 0 unspecified atom stereocenters. The third kappa shape index (κ3) is 6.68. The first kappa shape index (κ1) is 22.0. The number of rotatable bonds is 3. The summed E-state index contributed by atoms with van der Waals surface area (Å²) in [6, 6.07) is 33.6. The van der Waals surface area contributed by atoms with Gasteiger partial charge in [0.2, 0.25) is 21.1 Å². The Morgan fingerprint density at radius 2 is 0.933 bits per heavy atom. The highest BCUT2D eigenvalue weighted by Gasteiger charge is 2.20. The molecule has 0 saturated carbocycles. The van der Waals surface area contributed by atoms with Crippen LogP contribution in [0.2, 0.25) is 5.02 Å². The monoisotopic (exact) mass is 446 g/mol. The largest absolute Gasteiger partial charge is 0.673 e. The van der Waals surface area contributed by atoms with E-state index in [-0.39, 0.29) is 0 Å². The molecule has 0 aliphatic heterocycles. The van der Waals surface area contributed by atoms with Crippen molar-refractivity contribution in [2.75, 3.05) is 0 Å². The molecule has 0 atom stereocenters. The first-order valence-electron chi connectivity index (χ1n) is 9.02. The van der Waals surface area contributed by atoms with Crippen molar-refractivity contribution >= 4 is 30.2 Å². The minimum absolute atomic E-state index is 0.758. The van der Waals surface area contributed by atoms with E-state index in [2.05, 4.69) is 84.9 Å². The third-order valence-electron chi connectivity index (χ3n) is 4.09. The van der Waals surface area contributed by atoms with Crippen LogP contribution in [0.5, 0.6) is 0 Å². The van der Waals surface area contributed by atoms with Gasteiger partial charge in [-0.25, -0.2) is 0 Å². The van der Waals surface area contributed by atoms with Gasteiger partial charge in [0.15, 0.2) is 0 Å². The van der Waals surface area contributed by atoms with E-state index in [9.17, 15) is 17.3 Å². The topological polar surface area (TPSA) is 0 Å². The maximum atomic E-state index is 9.75. The fraction of sp³-hybridized carbons (Fsp3) is 0. The summed E-state index contributed by atoms with van der Waals surface area (Å²) >= 11 is 7.87. The van der Waals surface area contributed by atoms with E-state index in [4.69, 9.17) is 11.6 Å². The van der Waals surface area contributed by atoms with Gasteiger partial charge in [0.1, 0.15) is 0 Å². The summed E-state index contributed by atoms with van der Waals surface area (Å²) in [7, 11) is -6.00. The van der Waals surface area contributed by atoms with Gasteiger partial charge < -0.3 is 17.3 Å². The summed E-state index contributed by atoms with van der Waals surface area (Å²) in [4.78, 5) is 2.51. The zero-order valence-corrected chi connectivity index (χ0v) is 17.2. The summed E-state index contributed by atoms with van der Waals surface area (Å²) in [5, 5.41) is 0.758. The van der Waals surface area contributed by atoms with Crippen molar-refractivity contribution in [3.63, 3.8) is 0 Å². The van der Waals surface area contributed by atoms with Crippen molar-refractivity contribution < 1.29 is 17.3 Å². The quantitative estimate of drug-likeness (QED) is 0.167. The molecule has 0 spiro atoms. The lowest BCUT2D eigenvalue weighted by molar-refractivity contribution is 0.368. The molecule has 0 nitrogen and oxygen atoms in total. The number of hydrogen-bond acceptors (Lipinski definition) is 0. The van der Waals surface area contributed by atoms with Crippen LogP contribution in [0.15, 0.2) is 97.1 Å². The molecule has 0 amide bonds. The molecule has 30 heavy (non-hydrogen) atoms. The van der Waals surface area contributed by atoms with Gasteiger partial charge >= 0.3 is 7.25 Å². The Balaban J connectivity index is 0.000000461. The molecule has 7 heteroatoms. The van der Waals surface area contributed by atoms with E-state index in [1.807, 2.05) is 23.5 Å². The molecule has 0 bridgehead atoms. The highest BCUT2D eigenvalue weighted by molar-refractivity contribution is 7.18. The first-order valence-corrected chi connectivity index (χ1v) is 10.2. The lowest BCUT2D eigenvalue weighted by atomic mass is 10.0. The Hall–Kier alpha value is -2.70. The predicted molar refractivity (Wildman–Crippen MR) is 120 cm³/mol. The maximum Gasteiger partial charge on any atom is 0.673 e. The lowest BCUT2D eigenvalue weighted by Crippen LogP contribution is -2.02. The molecule has 0 aliphatic carbocycles. The van der Waals surface area contributed by atoms with Crippen LogP contribution in [0.1, 0.15) is 0 Å². The first-order chi connectivity index (χ1) is 14.3. The van der Waals surface area contributed by atoms with Crippen LogP contribution >= 0.6 is 22.9 Å². The van der Waals surface area contributed by atoms with Crippen molar-refractivity contribution in [3.05, 3.63) is 102 Å². The summed E-state index contributed by atoms with van der Waals surface area (Å²) in [6.45, 7) is 0. The molecule has 0 saturated heterocycles. The van der Waals surface area contributed by atoms with Gasteiger partial charge in [-0.3, -0.25) is 0 Å². The summed E-state index contributed by atoms with van der Waals surface area (Å²) in [6.07, 6.45) is 0. The molecule has 4 aromatic rings. The van der Waals surface area contributed by atoms with Crippen LogP contribution in [-0.4, -0.2) is 7.25 Å². The van der Waals surface area contributed by atoms with Gasteiger partial charge in [-0.05, 0) is 47.5 Å².